The van der Waals surface area contributed by atoms with Gasteiger partial charge in [-0.25, -0.2) is 13.2 Å². The van der Waals surface area contributed by atoms with Gasteiger partial charge in [0, 0.05) is 17.9 Å². The lowest BCUT2D eigenvalue weighted by molar-refractivity contribution is -0.229. The Morgan fingerprint density at radius 1 is 0.818 bits per heavy atom. The zero-order chi connectivity index (χ0) is 31.1. The zero-order valence-electron chi connectivity index (χ0n) is 25.6. The molecule has 2 aromatic rings. The van der Waals surface area contributed by atoms with Crippen molar-refractivity contribution in [2.45, 2.75) is 108 Å². The molecule has 3 aliphatic rings. The van der Waals surface area contributed by atoms with E-state index in [2.05, 4.69) is 11.7 Å². The molecule has 1 saturated heterocycles. The zero-order valence-corrected chi connectivity index (χ0v) is 25.6. The van der Waals surface area contributed by atoms with E-state index in [9.17, 15) is 17.6 Å². The standard InChI is InChI=1S/C35H45F5O4/c1-2-3-4-5-23-20-41-34(42-21-23)26-8-6-24(7-9-26)27-12-16-30(31(37)18-27)25-10-13-28(14-11-25)35(39,40)44-29-15-17-33(43-22-36)32(38)19-29/h12,15-19,23-26,28,34H,2-11,13-14,20-22H2,1H3. The third kappa shape index (κ3) is 8.25. The second kappa shape index (κ2) is 15.3. The highest BCUT2D eigenvalue weighted by molar-refractivity contribution is 5.33. The Bertz CT molecular complexity index is 1190. The van der Waals surface area contributed by atoms with Crippen LogP contribution in [0, 0.1) is 29.4 Å². The van der Waals surface area contributed by atoms with Gasteiger partial charge in [0.15, 0.2) is 17.9 Å². The minimum Gasteiger partial charge on any atom is -0.460 e. The first-order valence-corrected chi connectivity index (χ1v) is 16.3. The molecule has 0 N–H and O–H groups in total. The van der Waals surface area contributed by atoms with Crippen LogP contribution in [0.2, 0.25) is 0 Å². The number of unbranched alkanes of at least 4 members (excludes halogenated alkanes) is 2. The maximum Gasteiger partial charge on any atom is 0.400 e. The van der Waals surface area contributed by atoms with Crippen molar-refractivity contribution in [2.24, 2.45) is 17.8 Å². The van der Waals surface area contributed by atoms with Gasteiger partial charge in [0.25, 0.3) is 0 Å². The van der Waals surface area contributed by atoms with E-state index in [0.29, 0.717) is 30.2 Å². The summed E-state index contributed by atoms with van der Waals surface area (Å²) in [6.07, 6.45) is 6.22. The highest BCUT2D eigenvalue weighted by Gasteiger charge is 2.44. The van der Waals surface area contributed by atoms with Crippen molar-refractivity contribution in [1.82, 2.24) is 0 Å². The summed E-state index contributed by atoms with van der Waals surface area (Å²) in [6.45, 7) is 2.54. The molecule has 0 atom stereocenters. The van der Waals surface area contributed by atoms with Gasteiger partial charge in [-0.2, -0.15) is 8.78 Å². The molecule has 2 aromatic carbocycles. The molecule has 2 saturated carbocycles. The van der Waals surface area contributed by atoms with Crippen molar-refractivity contribution in [1.29, 1.82) is 0 Å². The molecule has 3 fully saturated rings. The summed E-state index contributed by atoms with van der Waals surface area (Å²) in [7, 11) is 0. The predicted molar refractivity (Wildman–Crippen MR) is 158 cm³/mol. The van der Waals surface area contributed by atoms with Crippen molar-refractivity contribution in [2.75, 3.05) is 20.1 Å². The molecule has 0 bridgehead atoms. The van der Waals surface area contributed by atoms with Gasteiger partial charge in [-0.3, -0.25) is 0 Å². The monoisotopic (exact) mass is 624 g/mol. The highest BCUT2D eigenvalue weighted by atomic mass is 19.3. The minimum absolute atomic E-state index is 0.130. The van der Waals surface area contributed by atoms with Crippen molar-refractivity contribution in [3.05, 3.63) is 59.2 Å². The molecule has 1 aliphatic heterocycles. The second-order valence-electron chi connectivity index (χ2n) is 12.8. The van der Waals surface area contributed by atoms with Crippen molar-refractivity contribution >= 4 is 0 Å². The van der Waals surface area contributed by atoms with Gasteiger partial charge >= 0.3 is 6.11 Å². The van der Waals surface area contributed by atoms with E-state index in [0.717, 1.165) is 69.1 Å². The van der Waals surface area contributed by atoms with Gasteiger partial charge in [-0.1, -0.05) is 38.3 Å². The largest absolute Gasteiger partial charge is 0.460 e. The van der Waals surface area contributed by atoms with E-state index in [1.165, 1.54) is 19.3 Å². The van der Waals surface area contributed by atoms with Crippen LogP contribution >= 0.6 is 0 Å². The Labute approximate surface area is 257 Å². The Hall–Kier alpha value is -2.39. The highest BCUT2D eigenvalue weighted by Crippen LogP contribution is 2.45. The Balaban J connectivity index is 1.08. The summed E-state index contributed by atoms with van der Waals surface area (Å²) in [4.78, 5) is 0. The van der Waals surface area contributed by atoms with E-state index in [1.54, 1.807) is 6.07 Å². The van der Waals surface area contributed by atoms with Crippen LogP contribution in [0.1, 0.15) is 107 Å². The van der Waals surface area contributed by atoms with Gasteiger partial charge in [-0.15, -0.1) is 0 Å². The van der Waals surface area contributed by atoms with Gasteiger partial charge in [-0.05, 0) is 98.9 Å². The third-order valence-electron chi connectivity index (χ3n) is 9.87. The molecule has 0 aromatic heterocycles. The number of hydrogen-bond donors (Lipinski definition) is 0. The molecule has 0 unspecified atom stereocenters. The van der Waals surface area contributed by atoms with Crippen LogP contribution in [0.3, 0.4) is 0 Å². The normalized spacial score (nSPS) is 28.0. The number of rotatable bonds is 12. The smallest absolute Gasteiger partial charge is 0.400 e. The molecule has 2 aliphatic carbocycles. The number of halogens is 5. The first-order chi connectivity index (χ1) is 21.3. The van der Waals surface area contributed by atoms with Crippen LogP contribution in [-0.2, 0) is 9.47 Å². The molecule has 0 radical (unpaired) electrons. The van der Waals surface area contributed by atoms with E-state index < -0.39 is 24.7 Å². The number of ether oxygens (including phenoxy) is 4. The molecule has 44 heavy (non-hydrogen) atoms. The van der Waals surface area contributed by atoms with Crippen LogP contribution in [0.5, 0.6) is 11.5 Å². The molecule has 9 heteroatoms. The van der Waals surface area contributed by atoms with E-state index >= 15 is 4.39 Å². The van der Waals surface area contributed by atoms with Crippen LogP contribution < -0.4 is 9.47 Å². The average molecular weight is 625 g/mol. The maximum absolute atomic E-state index is 15.4. The Morgan fingerprint density at radius 2 is 1.52 bits per heavy atom. The number of benzene rings is 2. The maximum atomic E-state index is 15.4. The average Bonchev–Trinajstić information content (AvgIpc) is 3.03. The van der Waals surface area contributed by atoms with E-state index in [4.69, 9.17) is 14.2 Å². The SMILES string of the molecule is CCCCCC1COC(C2CCC(c3ccc(C4CCC(C(F)(F)Oc5ccc(OCF)c(F)c5)CC4)c(F)c3)CC2)OC1. The fourth-order valence-electron chi connectivity index (χ4n) is 7.23. The third-order valence-corrected chi connectivity index (χ3v) is 9.87. The van der Waals surface area contributed by atoms with Crippen molar-refractivity contribution in [3.8, 4) is 11.5 Å². The van der Waals surface area contributed by atoms with E-state index in [1.807, 2.05) is 12.1 Å². The lowest BCUT2D eigenvalue weighted by atomic mass is 9.76. The first-order valence-electron chi connectivity index (χ1n) is 16.3. The summed E-state index contributed by atoms with van der Waals surface area (Å²) < 4.78 is 93.0. The first kappa shape index (κ1) is 33.0. The molecular weight excluding hydrogens is 579 g/mol. The van der Waals surface area contributed by atoms with Crippen molar-refractivity contribution in [3.63, 3.8) is 0 Å². The molecule has 244 valence electrons. The summed E-state index contributed by atoms with van der Waals surface area (Å²) in [5, 5.41) is 0. The summed E-state index contributed by atoms with van der Waals surface area (Å²) in [5.74, 6) is -2.05. The summed E-state index contributed by atoms with van der Waals surface area (Å²) in [5.41, 5.74) is 1.57. The van der Waals surface area contributed by atoms with Crippen molar-refractivity contribution < 1.29 is 40.9 Å². The number of alkyl halides is 3. The minimum atomic E-state index is -3.52. The second-order valence-corrected chi connectivity index (χ2v) is 12.8. The van der Waals surface area contributed by atoms with E-state index in [-0.39, 0.29) is 48.3 Å². The lowest BCUT2D eigenvalue weighted by Gasteiger charge is -2.38. The van der Waals surface area contributed by atoms with Crippen LogP contribution in [-0.4, -0.2) is 32.5 Å². The van der Waals surface area contributed by atoms with Gasteiger partial charge in [0.05, 0.1) is 19.1 Å². The lowest BCUT2D eigenvalue weighted by Crippen LogP contribution is -2.38. The fraction of sp³-hybridized carbons (Fsp3) is 0.657. The summed E-state index contributed by atoms with van der Waals surface area (Å²) >= 11 is 0. The molecular formula is C35H45F5O4. The number of hydrogen-bond acceptors (Lipinski definition) is 4. The van der Waals surface area contributed by atoms with Crippen LogP contribution in [0.15, 0.2) is 36.4 Å². The van der Waals surface area contributed by atoms with Gasteiger partial charge < -0.3 is 18.9 Å². The van der Waals surface area contributed by atoms with Crippen LogP contribution in [0.25, 0.3) is 0 Å². The molecule has 0 spiro atoms. The Morgan fingerprint density at radius 3 is 2.16 bits per heavy atom. The predicted octanol–water partition coefficient (Wildman–Crippen LogP) is 10.1. The molecule has 0 amide bonds. The van der Waals surface area contributed by atoms with Gasteiger partial charge in [0.1, 0.15) is 11.6 Å². The fourth-order valence-corrected chi connectivity index (χ4v) is 7.23. The molecule has 1 heterocycles. The van der Waals surface area contributed by atoms with Gasteiger partial charge in [0.2, 0.25) is 6.86 Å². The topological polar surface area (TPSA) is 36.9 Å². The Kier molecular flexibility index (Phi) is 11.4. The summed E-state index contributed by atoms with van der Waals surface area (Å²) in [6, 6.07) is 8.43. The quantitative estimate of drug-likeness (QED) is 0.174. The molecule has 5 rings (SSSR count). The molecule has 4 nitrogen and oxygen atoms in total. The van der Waals surface area contributed by atoms with Crippen LogP contribution in [0.4, 0.5) is 22.0 Å².